The molecule has 2 aromatic heterocycles. The molecule has 0 bridgehead atoms. The van der Waals surface area contributed by atoms with E-state index < -0.39 is 23.2 Å². The molecule has 0 unspecified atom stereocenters. The first kappa shape index (κ1) is 19.7. The van der Waals surface area contributed by atoms with Crippen LogP contribution in [-0.4, -0.2) is 53.5 Å². The predicted octanol–water partition coefficient (Wildman–Crippen LogP) is 3.67. The first-order chi connectivity index (χ1) is 14.0. The summed E-state index contributed by atoms with van der Waals surface area (Å²) in [5, 5.41) is 3.18. The Labute approximate surface area is 171 Å². The zero-order chi connectivity index (χ0) is 20.5. The number of carbonyl (C=O) groups excluding carboxylic acids is 1. The largest absolute Gasteiger partial charge is 0.353 e. The minimum absolute atomic E-state index is 0.372. The summed E-state index contributed by atoms with van der Waals surface area (Å²) in [5.74, 6) is -1.38. The second kappa shape index (κ2) is 8.00. The molecule has 0 aliphatic carbocycles. The van der Waals surface area contributed by atoms with Gasteiger partial charge in [-0.25, -0.2) is 18.7 Å². The van der Waals surface area contributed by atoms with Crippen LogP contribution in [0.25, 0.3) is 10.2 Å². The van der Waals surface area contributed by atoms with Gasteiger partial charge in [0.1, 0.15) is 34.3 Å². The molecule has 0 saturated carbocycles. The standard InChI is InChI=1S/C20H21F2N5OS/c1-3-26-7-9-27(10-8-26)18-15-12(2)17(29-20(15)24-11-23-18)19(28)25-16-13(21)5-4-6-14(16)22/h4-6,11H,3,7-10H2,1-2H3,(H,25,28). The molecule has 1 aliphatic rings. The maximum Gasteiger partial charge on any atom is 0.266 e. The highest BCUT2D eigenvalue weighted by Gasteiger charge is 2.25. The monoisotopic (exact) mass is 417 g/mol. The number of nitrogens with zero attached hydrogens (tertiary/aromatic N) is 4. The number of hydrogen-bond acceptors (Lipinski definition) is 6. The second-order valence-electron chi connectivity index (χ2n) is 6.91. The highest BCUT2D eigenvalue weighted by molar-refractivity contribution is 7.20. The van der Waals surface area contributed by atoms with Crippen molar-refractivity contribution < 1.29 is 13.6 Å². The predicted molar refractivity (Wildman–Crippen MR) is 111 cm³/mol. The van der Waals surface area contributed by atoms with E-state index in [1.54, 1.807) is 0 Å². The lowest BCUT2D eigenvalue weighted by molar-refractivity contribution is 0.102. The summed E-state index contributed by atoms with van der Waals surface area (Å²) in [6.07, 6.45) is 1.50. The molecule has 1 aliphatic heterocycles. The van der Waals surface area contributed by atoms with Crippen LogP contribution in [0.15, 0.2) is 24.5 Å². The molecule has 1 saturated heterocycles. The molecule has 1 aromatic carbocycles. The normalized spacial score (nSPS) is 15.1. The van der Waals surface area contributed by atoms with E-state index >= 15 is 0 Å². The Balaban J connectivity index is 1.67. The number of nitrogens with one attached hydrogen (secondary N) is 1. The summed E-state index contributed by atoms with van der Waals surface area (Å²) in [4.78, 5) is 27.2. The van der Waals surface area contributed by atoms with Crippen molar-refractivity contribution in [1.29, 1.82) is 0 Å². The second-order valence-corrected chi connectivity index (χ2v) is 7.90. The molecule has 0 spiro atoms. The molecule has 0 atom stereocenters. The van der Waals surface area contributed by atoms with Crippen molar-refractivity contribution >= 4 is 39.0 Å². The molecule has 3 heterocycles. The number of benzene rings is 1. The first-order valence-corrected chi connectivity index (χ1v) is 10.3. The Morgan fingerprint density at radius 2 is 1.86 bits per heavy atom. The third-order valence-electron chi connectivity index (χ3n) is 5.23. The zero-order valence-electron chi connectivity index (χ0n) is 16.2. The number of piperazine rings is 1. The van der Waals surface area contributed by atoms with Crippen molar-refractivity contribution in [1.82, 2.24) is 14.9 Å². The average Bonchev–Trinajstić information content (AvgIpc) is 3.08. The molecular formula is C20H21F2N5OS. The van der Waals surface area contributed by atoms with Crippen LogP contribution in [0.5, 0.6) is 0 Å². The van der Waals surface area contributed by atoms with Crippen LogP contribution in [0, 0.1) is 18.6 Å². The van der Waals surface area contributed by atoms with E-state index in [1.165, 1.54) is 23.7 Å². The molecule has 29 heavy (non-hydrogen) atoms. The molecule has 6 nitrogen and oxygen atoms in total. The van der Waals surface area contributed by atoms with E-state index in [0.717, 1.165) is 56.1 Å². The third-order valence-corrected chi connectivity index (χ3v) is 6.43. The molecule has 1 N–H and O–H groups in total. The van der Waals surface area contributed by atoms with Crippen LogP contribution in [0.3, 0.4) is 0 Å². The lowest BCUT2D eigenvalue weighted by atomic mass is 10.1. The van der Waals surface area contributed by atoms with Crippen LogP contribution in [0.4, 0.5) is 20.3 Å². The van der Waals surface area contributed by atoms with Gasteiger partial charge in [0, 0.05) is 26.2 Å². The lowest BCUT2D eigenvalue weighted by Gasteiger charge is -2.35. The smallest absolute Gasteiger partial charge is 0.266 e. The van der Waals surface area contributed by atoms with E-state index in [9.17, 15) is 13.6 Å². The SMILES string of the molecule is CCN1CCN(c2ncnc3sc(C(=O)Nc4c(F)cccc4F)c(C)c23)CC1. The summed E-state index contributed by atoms with van der Waals surface area (Å²) in [5.41, 5.74) is 0.268. The number of aromatic nitrogens is 2. The molecule has 3 aromatic rings. The van der Waals surface area contributed by atoms with Crippen molar-refractivity contribution in [2.24, 2.45) is 0 Å². The number of fused-ring (bicyclic) bond motifs is 1. The fourth-order valence-electron chi connectivity index (χ4n) is 3.57. The average molecular weight is 417 g/mol. The van der Waals surface area contributed by atoms with Gasteiger partial charge in [0.05, 0.1) is 10.3 Å². The molecule has 1 fully saturated rings. The van der Waals surface area contributed by atoms with Crippen molar-refractivity contribution in [2.75, 3.05) is 42.9 Å². The van der Waals surface area contributed by atoms with Crippen molar-refractivity contribution in [3.8, 4) is 0 Å². The van der Waals surface area contributed by atoms with Crippen LogP contribution in [-0.2, 0) is 0 Å². The van der Waals surface area contributed by atoms with Gasteiger partial charge < -0.3 is 15.1 Å². The fraction of sp³-hybridized carbons (Fsp3) is 0.350. The van der Waals surface area contributed by atoms with E-state index in [1.807, 2.05) is 6.92 Å². The minimum atomic E-state index is -0.814. The molecule has 152 valence electrons. The van der Waals surface area contributed by atoms with Crippen LogP contribution < -0.4 is 10.2 Å². The van der Waals surface area contributed by atoms with Crippen LogP contribution >= 0.6 is 11.3 Å². The van der Waals surface area contributed by atoms with Crippen LogP contribution in [0.1, 0.15) is 22.2 Å². The Kier molecular flexibility index (Phi) is 5.42. The maximum absolute atomic E-state index is 13.9. The van der Waals surface area contributed by atoms with Gasteiger partial charge >= 0.3 is 0 Å². The summed E-state index contributed by atoms with van der Waals surface area (Å²) >= 11 is 1.20. The van der Waals surface area contributed by atoms with Gasteiger partial charge in [-0.1, -0.05) is 13.0 Å². The van der Waals surface area contributed by atoms with E-state index in [2.05, 4.69) is 32.0 Å². The van der Waals surface area contributed by atoms with Crippen molar-refractivity contribution in [3.05, 3.63) is 46.6 Å². The fourth-order valence-corrected chi connectivity index (χ4v) is 4.61. The van der Waals surface area contributed by atoms with E-state index in [4.69, 9.17) is 0 Å². The number of halogens is 2. The number of para-hydroxylation sites is 1. The topological polar surface area (TPSA) is 61.4 Å². The molecule has 9 heteroatoms. The van der Waals surface area contributed by atoms with Crippen LogP contribution in [0.2, 0.25) is 0 Å². The van der Waals surface area contributed by atoms with Gasteiger partial charge in [-0.3, -0.25) is 4.79 Å². The van der Waals surface area contributed by atoms with Crippen molar-refractivity contribution in [3.63, 3.8) is 0 Å². The summed E-state index contributed by atoms with van der Waals surface area (Å²) in [7, 11) is 0. The highest BCUT2D eigenvalue weighted by atomic mass is 32.1. The minimum Gasteiger partial charge on any atom is -0.353 e. The van der Waals surface area contributed by atoms with E-state index in [0.29, 0.717) is 15.3 Å². The maximum atomic E-state index is 13.9. The number of amides is 1. The lowest BCUT2D eigenvalue weighted by Crippen LogP contribution is -2.46. The summed E-state index contributed by atoms with van der Waals surface area (Å²) in [6.45, 7) is 8.57. The number of likely N-dealkylation sites (N-methyl/N-ethyl adjacent to an activating group) is 1. The molecule has 4 rings (SSSR count). The van der Waals surface area contributed by atoms with Gasteiger partial charge in [0.2, 0.25) is 0 Å². The molecule has 1 amide bonds. The molecule has 0 radical (unpaired) electrons. The van der Waals surface area contributed by atoms with Gasteiger partial charge in [-0.05, 0) is 31.2 Å². The highest BCUT2D eigenvalue weighted by Crippen LogP contribution is 2.35. The first-order valence-electron chi connectivity index (χ1n) is 9.46. The van der Waals surface area contributed by atoms with Gasteiger partial charge in [-0.15, -0.1) is 11.3 Å². The van der Waals surface area contributed by atoms with Gasteiger partial charge in [-0.2, -0.15) is 0 Å². The number of thiophene rings is 1. The quantitative estimate of drug-likeness (QED) is 0.702. The number of rotatable bonds is 4. The third kappa shape index (κ3) is 3.67. The van der Waals surface area contributed by atoms with E-state index in [-0.39, 0.29) is 0 Å². The summed E-state index contributed by atoms with van der Waals surface area (Å²) in [6, 6.07) is 3.47. The molecular weight excluding hydrogens is 396 g/mol. The zero-order valence-corrected chi connectivity index (χ0v) is 17.0. The number of anilines is 2. The summed E-state index contributed by atoms with van der Waals surface area (Å²) < 4.78 is 27.8. The Bertz CT molecular complexity index is 1040. The number of aryl methyl sites for hydroxylation is 1. The Hall–Kier alpha value is -2.65. The van der Waals surface area contributed by atoms with Crippen molar-refractivity contribution in [2.45, 2.75) is 13.8 Å². The number of carbonyl (C=O) groups is 1. The van der Waals surface area contributed by atoms with Gasteiger partial charge in [0.25, 0.3) is 5.91 Å². The number of hydrogen-bond donors (Lipinski definition) is 1. The Morgan fingerprint density at radius 1 is 1.17 bits per heavy atom. The van der Waals surface area contributed by atoms with Gasteiger partial charge in [0.15, 0.2) is 0 Å². The Morgan fingerprint density at radius 3 is 2.52 bits per heavy atom.